The number of fused-ring (bicyclic) bond motifs is 1. The largest absolute Gasteiger partial charge is 0.477 e. The molecule has 0 saturated heterocycles. The van der Waals surface area contributed by atoms with Gasteiger partial charge in [0.2, 0.25) is 5.88 Å². The maximum atomic E-state index is 5.91. The van der Waals surface area contributed by atoms with Gasteiger partial charge < -0.3 is 4.74 Å². The molecule has 0 bridgehead atoms. The first-order valence-electron chi connectivity index (χ1n) is 6.80. The molecule has 0 N–H and O–H groups in total. The maximum absolute atomic E-state index is 5.91. The van der Waals surface area contributed by atoms with Crippen LogP contribution >= 0.6 is 11.6 Å². The molecule has 0 fully saturated rings. The quantitative estimate of drug-likeness (QED) is 0.549. The standard InChI is InChI=1S/C13H19ClN4O/c1-2-3-4-5-6-7-8-19-12-9-11(14)17-13-15-10-16-18(12)13/h9-10H,2-8H2,1H3. The summed E-state index contributed by atoms with van der Waals surface area (Å²) in [6, 6.07) is 1.67. The topological polar surface area (TPSA) is 52.3 Å². The Morgan fingerprint density at radius 3 is 2.84 bits per heavy atom. The van der Waals surface area contributed by atoms with E-state index >= 15 is 0 Å². The lowest BCUT2D eigenvalue weighted by Gasteiger charge is -2.07. The lowest BCUT2D eigenvalue weighted by atomic mass is 10.1. The fraction of sp³-hybridized carbons (Fsp3) is 0.615. The fourth-order valence-corrected chi connectivity index (χ4v) is 2.09. The van der Waals surface area contributed by atoms with Crippen molar-refractivity contribution in [3.63, 3.8) is 0 Å². The third-order valence-corrected chi connectivity index (χ3v) is 3.13. The zero-order valence-corrected chi connectivity index (χ0v) is 11.9. The van der Waals surface area contributed by atoms with E-state index in [2.05, 4.69) is 22.0 Å². The molecule has 0 amide bonds. The predicted molar refractivity (Wildman–Crippen MR) is 74.7 cm³/mol. The Morgan fingerprint density at radius 2 is 2.00 bits per heavy atom. The maximum Gasteiger partial charge on any atom is 0.256 e. The smallest absolute Gasteiger partial charge is 0.256 e. The van der Waals surface area contributed by atoms with Crippen LogP contribution in [0.25, 0.3) is 5.78 Å². The van der Waals surface area contributed by atoms with Crippen molar-refractivity contribution < 1.29 is 4.74 Å². The first kappa shape index (κ1) is 14.1. The Bertz CT molecular complexity index is 514. The van der Waals surface area contributed by atoms with E-state index in [-0.39, 0.29) is 0 Å². The molecule has 0 aliphatic carbocycles. The first-order valence-corrected chi connectivity index (χ1v) is 7.18. The molecule has 0 unspecified atom stereocenters. The average Bonchev–Trinajstić information content (AvgIpc) is 2.85. The van der Waals surface area contributed by atoms with Gasteiger partial charge in [-0.2, -0.15) is 19.6 Å². The molecule has 0 saturated carbocycles. The third-order valence-electron chi connectivity index (χ3n) is 2.94. The lowest BCUT2D eigenvalue weighted by molar-refractivity contribution is 0.285. The Kier molecular flexibility index (Phi) is 5.39. The van der Waals surface area contributed by atoms with Gasteiger partial charge >= 0.3 is 0 Å². The molecule has 2 rings (SSSR count). The predicted octanol–water partition coefficient (Wildman–Crippen LogP) is 3.52. The fourth-order valence-electron chi connectivity index (χ4n) is 1.92. The van der Waals surface area contributed by atoms with E-state index < -0.39 is 0 Å². The van der Waals surface area contributed by atoms with Gasteiger partial charge in [0.1, 0.15) is 11.5 Å². The van der Waals surface area contributed by atoms with Crippen molar-refractivity contribution in [3.8, 4) is 5.88 Å². The number of rotatable bonds is 8. The molecule has 0 aromatic carbocycles. The van der Waals surface area contributed by atoms with Crippen molar-refractivity contribution in [2.75, 3.05) is 6.61 Å². The van der Waals surface area contributed by atoms with Crippen molar-refractivity contribution >= 4 is 17.4 Å². The third kappa shape index (κ3) is 4.06. The Hall–Kier alpha value is -1.36. The van der Waals surface area contributed by atoms with Crippen molar-refractivity contribution in [2.45, 2.75) is 45.4 Å². The number of aromatic nitrogens is 4. The van der Waals surface area contributed by atoms with Crippen molar-refractivity contribution in [3.05, 3.63) is 17.5 Å². The second kappa shape index (κ2) is 7.28. The van der Waals surface area contributed by atoms with Gasteiger partial charge in [0.05, 0.1) is 6.61 Å². The van der Waals surface area contributed by atoms with Crippen LogP contribution in [-0.2, 0) is 0 Å². The minimum absolute atomic E-state index is 0.374. The van der Waals surface area contributed by atoms with Crippen LogP contribution in [0.4, 0.5) is 0 Å². The number of nitrogens with zero attached hydrogens (tertiary/aromatic N) is 4. The molecule has 5 nitrogen and oxygen atoms in total. The number of halogens is 1. The monoisotopic (exact) mass is 282 g/mol. The SMILES string of the molecule is CCCCCCCCOc1cc(Cl)nc2ncnn12. The van der Waals surface area contributed by atoms with Crippen LogP contribution in [0.15, 0.2) is 12.4 Å². The van der Waals surface area contributed by atoms with Gasteiger partial charge in [0.15, 0.2) is 0 Å². The molecule has 19 heavy (non-hydrogen) atoms. The first-order chi connectivity index (χ1) is 9.31. The second-order valence-corrected chi connectivity index (χ2v) is 4.89. The minimum atomic E-state index is 0.374. The van der Waals surface area contributed by atoms with Gasteiger partial charge in [0, 0.05) is 6.07 Å². The Morgan fingerprint density at radius 1 is 1.21 bits per heavy atom. The zero-order valence-electron chi connectivity index (χ0n) is 11.2. The highest BCUT2D eigenvalue weighted by atomic mass is 35.5. The van der Waals surface area contributed by atoms with Crippen LogP contribution < -0.4 is 4.74 Å². The number of unbranched alkanes of at least 4 members (excludes halogenated alkanes) is 5. The highest BCUT2D eigenvalue weighted by molar-refractivity contribution is 6.29. The van der Waals surface area contributed by atoms with Crippen molar-refractivity contribution in [2.24, 2.45) is 0 Å². The molecular weight excluding hydrogens is 264 g/mol. The van der Waals surface area contributed by atoms with Gasteiger partial charge in [0.25, 0.3) is 5.78 Å². The average molecular weight is 283 g/mol. The van der Waals surface area contributed by atoms with Gasteiger partial charge in [-0.15, -0.1) is 0 Å². The Labute approximate surface area is 118 Å². The van der Waals surface area contributed by atoms with Gasteiger partial charge in [-0.05, 0) is 6.42 Å². The number of hydrogen-bond donors (Lipinski definition) is 0. The summed E-state index contributed by atoms with van der Waals surface area (Å²) in [7, 11) is 0. The highest BCUT2D eigenvalue weighted by Gasteiger charge is 2.07. The summed E-state index contributed by atoms with van der Waals surface area (Å²) in [6.45, 7) is 2.89. The molecule has 2 heterocycles. The number of hydrogen-bond acceptors (Lipinski definition) is 4. The molecule has 2 aromatic rings. The summed E-state index contributed by atoms with van der Waals surface area (Å²) in [4.78, 5) is 8.04. The minimum Gasteiger partial charge on any atom is -0.477 e. The Balaban J connectivity index is 1.79. The van der Waals surface area contributed by atoms with E-state index in [0.29, 0.717) is 23.4 Å². The van der Waals surface area contributed by atoms with Crippen LogP contribution in [-0.4, -0.2) is 26.2 Å². The summed E-state index contributed by atoms with van der Waals surface area (Å²) in [5.41, 5.74) is 0. The van der Waals surface area contributed by atoms with Crippen molar-refractivity contribution in [1.29, 1.82) is 0 Å². The van der Waals surface area contributed by atoms with Crippen LogP contribution in [0.2, 0.25) is 5.15 Å². The van der Waals surface area contributed by atoms with E-state index in [1.165, 1.54) is 38.4 Å². The van der Waals surface area contributed by atoms with Crippen LogP contribution in [0.5, 0.6) is 5.88 Å². The van der Waals surface area contributed by atoms with Gasteiger partial charge in [-0.25, -0.2) is 0 Å². The second-order valence-electron chi connectivity index (χ2n) is 4.51. The molecular formula is C13H19ClN4O. The molecule has 6 heteroatoms. The molecule has 0 radical (unpaired) electrons. The molecule has 0 aliphatic rings. The van der Waals surface area contributed by atoms with Crippen LogP contribution in [0.1, 0.15) is 45.4 Å². The highest BCUT2D eigenvalue weighted by Crippen LogP contribution is 2.17. The summed E-state index contributed by atoms with van der Waals surface area (Å²) >= 11 is 5.91. The molecule has 0 spiro atoms. The van der Waals surface area contributed by atoms with Crippen LogP contribution in [0.3, 0.4) is 0 Å². The summed E-state index contributed by atoms with van der Waals surface area (Å²) in [5.74, 6) is 1.06. The van der Waals surface area contributed by atoms with Gasteiger partial charge in [-0.1, -0.05) is 50.6 Å². The summed E-state index contributed by atoms with van der Waals surface area (Å²) < 4.78 is 7.26. The lowest BCUT2D eigenvalue weighted by Crippen LogP contribution is -2.04. The van der Waals surface area contributed by atoms with E-state index in [4.69, 9.17) is 16.3 Å². The number of ether oxygens (including phenoxy) is 1. The summed E-state index contributed by atoms with van der Waals surface area (Å²) in [6.07, 6.45) is 8.85. The van der Waals surface area contributed by atoms with E-state index in [1.54, 1.807) is 10.6 Å². The molecule has 104 valence electrons. The molecule has 0 aliphatic heterocycles. The van der Waals surface area contributed by atoms with Crippen molar-refractivity contribution in [1.82, 2.24) is 19.6 Å². The molecule has 0 atom stereocenters. The van der Waals surface area contributed by atoms with E-state index in [9.17, 15) is 0 Å². The normalized spacial score (nSPS) is 11.1. The van der Waals surface area contributed by atoms with Crippen LogP contribution in [0, 0.1) is 0 Å². The van der Waals surface area contributed by atoms with E-state index in [0.717, 1.165) is 6.42 Å². The van der Waals surface area contributed by atoms with E-state index in [1.807, 2.05) is 0 Å². The van der Waals surface area contributed by atoms with Gasteiger partial charge in [-0.3, -0.25) is 0 Å². The molecule has 2 aromatic heterocycles. The summed E-state index contributed by atoms with van der Waals surface area (Å²) in [5, 5.41) is 4.43. The zero-order chi connectivity index (χ0) is 13.5.